The molecule has 0 saturated heterocycles. The van der Waals surface area contributed by atoms with Gasteiger partial charge in [0.2, 0.25) is 0 Å². The first-order chi connectivity index (χ1) is 10.1. The van der Waals surface area contributed by atoms with Crippen LogP contribution in [0.5, 0.6) is 0 Å². The minimum absolute atomic E-state index is 0.00631. The number of hydrogen-bond acceptors (Lipinski definition) is 4. The lowest BCUT2D eigenvalue weighted by Crippen LogP contribution is -2.45. The fourth-order valence-electron chi connectivity index (χ4n) is 2.62. The molecule has 1 aromatic carbocycles. The number of hydrogen-bond donors (Lipinski definition) is 1. The molecule has 1 N–H and O–H groups in total. The van der Waals surface area contributed by atoms with Gasteiger partial charge in [0.15, 0.2) is 0 Å². The average molecular weight is 292 g/mol. The highest BCUT2D eigenvalue weighted by Gasteiger charge is 2.33. The first kappa shape index (κ1) is 15.4. The molecule has 6 heteroatoms. The highest BCUT2D eigenvalue weighted by molar-refractivity contribution is 5.99. The summed E-state index contributed by atoms with van der Waals surface area (Å²) >= 11 is 0. The van der Waals surface area contributed by atoms with Crippen LogP contribution in [0.15, 0.2) is 18.2 Å². The van der Waals surface area contributed by atoms with E-state index in [9.17, 15) is 14.9 Å². The van der Waals surface area contributed by atoms with E-state index in [1.54, 1.807) is 24.0 Å². The van der Waals surface area contributed by atoms with E-state index in [4.69, 9.17) is 5.11 Å². The second-order valence-electron chi connectivity index (χ2n) is 5.39. The lowest BCUT2D eigenvalue weighted by Gasteiger charge is -2.37. The molecule has 1 fully saturated rings. The highest BCUT2D eigenvalue weighted by atomic mass is 16.6. The molecular weight excluding hydrogens is 272 g/mol. The van der Waals surface area contributed by atoms with Gasteiger partial charge in [0, 0.05) is 25.3 Å². The van der Waals surface area contributed by atoms with Crippen molar-refractivity contribution in [2.24, 2.45) is 0 Å². The van der Waals surface area contributed by atoms with E-state index in [1.807, 2.05) is 0 Å². The Bertz CT molecular complexity index is 540. The Morgan fingerprint density at radius 1 is 1.48 bits per heavy atom. The van der Waals surface area contributed by atoms with Gasteiger partial charge < -0.3 is 10.0 Å². The van der Waals surface area contributed by atoms with Gasteiger partial charge >= 0.3 is 0 Å². The van der Waals surface area contributed by atoms with E-state index >= 15 is 0 Å². The van der Waals surface area contributed by atoms with Crippen molar-refractivity contribution in [1.82, 2.24) is 4.90 Å². The molecule has 1 aromatic rings. The summed E-state index contributed by atoms with van der Waals surface area (Å²) in [6.45, 7) is 2.16. The molecule has 1 aliphatic rings. The molecule has 0 radical (unpaired) electrons. The van der Waals surface area contributed by atoms with Gasteiger partial charge in [0.1, 0.15) is 5.56 Å². The lowest BCUT2D eigenvalue weighted by molar-refractivity contribution is -0.385. The normalized spacial score (nSPS) is 14.6. The molecule has 0 atom stereocenters. The van der Waals surface area contributed by atoms with Crippen molar-refractivity contribution in [2.45, 2.75) is 38.6 Å². The lowest BCUT2D eigenvalue weighted by atomic mass is 9.90. The number of carbonyl (C=O) groups excluding carboxylic acids is 1. The Morgan fingerprint density at radius 2 is 2.19 bits per heavy atom. The number of amides is 1. The summed E-state index contributed by atoms with van der Waals surface area (Å²) in [4.78, 5) is 25.1. The zero-order valence-electron chi connectivity index (χ0n) is 12.1. The molecule has 6 nitrogen and oxygen atoms in total. The molecule has 1 saturated carbocycles. The van der Waals surface area contributed by atoms with Crippen molar-refractivity contribution in [3.05, 3.63) is 39.4 Å². The zero-order chi connectivity index (χ0) is 15.4. The molecule has 0 bridgehead atoms. The summed E-state index contributed by atoms with van der Waals surface area (Å²) in [5.41, 5.74) is 0.642. The van der Waals surface area contributed by atoms with Crippen LogP contribution in [0.4, 0.5) is 5.69 Å². The predicted molar refractivity (Wildman–Crippen MR) is 78.2 cm³/mol. The van der Waals surface area contributed by atoms with Crippen LogP contribution in [-0.2, 0) is 0 Å². The summed E-state index contributed by atoms with van der Waals surface area (Å²) in [6.07, 6.45) is 3.42. The molecule has 114 valence electrons. The van der Waals surface area contributed by atoms with Gasteiger partial charge in [-0.1, -0.05) is 12.1 Å². The Morgan fingerprint density at radius 3 is 2.71 bits per heavy atom. The number of nitrogens with zero attached hydrogens (tertiary/aromatic N) is 2. The summed E-state index contributed by atoms with van der Waals surface area (Å²) in [5, 5.41) is 20.2. The Balaban J connectivity index is 2.33. The molecule has 1 aliphatic carbocycles. The Kier molecular flexibility index (Phi) is 4.90. The fraction of sp³-hybridized carbons (Fsp3) is 0.533. The molecule has 0 aromatic heterocycles. The van der Waals surface area contributed by atoms with Crippen LogP contribution in [0.1, 0.15) is 41.6 Å². The van der Waals surface area contributed by atoms with Crippen molar-refractivity contribution in [2.75, 3.05) is 13.2 Å². The molecule has 0 spiro atoms. The number of benzene rings is 1. The minimum Gasteiger partial charge on any atom is -0.396 e. The average Bonchev–Trinajstić information content (AvgIpc) is 2.40. The van der Waals surface area contributed by atoms with E-state index in [-0.39, 0.29) is 29.8 Å². The Hall–Kier alpha value is -1.95. The van der Waals surface area contributed by atoms with Gasteiger partial charge in [-0.25, -0.2) is 0 Å². The van der Waals surface area contributed by atoms with Gasteiger partial charge in [-0.2, -0.15) is 0 Å². The van der Waals surface area contributed by atoms with Crippen LogP contribution in [0, 0.1) is 17.0 Å². The first-order valence-corrected chi connectivity index (χ1v) is 7.22. The summed E-state index contributed by atoms with van der Waals surface area (Å²) in [7, 11) is 0. The molecular formula is C15H20N2O4. The van der Waals surface area contributed by atoms with Crippen LogP contribution in [0.2, 0.25) is 0 Å². The van der Waals surface area contributed by atoms with E-state index in [2.05, 4.69) is 0 Å². The van der Waals surface area contributed by atoms with Gasteiger partial charge in [0.05, 0.1) is 4.92 Å². The highest BCUT2D eigenvalue weighted by Crippen LogP contribution is 2.30. The number of nitro groups is 1. The number of rotatable bonds is 6. The number of carbonyl (C=O) groups is 1. The van der Waals surface area contributed by atoms with Crippen LogP contribution in [0.25, 0.3) is 0 Å². The molecule has 0 heterocycles. The van der Waals surface area contributed by atoms with Crippen molar-refractivity contribution >= 4 is 11.6 Å². The third-order valence-electron chi connectivity index (χ3n) is 3.99. The molecule has 2 rings (SSSR count). The maximum atomic E-state index is 12.8. The summed E-state index contributed by atoms with van der Waals surface area (Å²) < 4.78 is 0. The van der Waals surface area contributed by atoms with Crippen molar-refractivity contribution in [3.63, 3.8) is 0 Å². The van der Waals surface area contributed by atoms with Crippen molar-refractivity contribution in [1.29, 1.82) is 0 Å². The van der Waals surface area contributed by atoms with Gasteiger partial charge in [-0.05, 0) is 38.2 Å². The number of aliphatic hydroxyl groups is 1. The van der Waals surface area contributed by atoms with Crippen LogP contribution < -0.4 is 0 Å². The maximum Gasteiger partial charge on any atom is 0.282 e. The van der Waals surface area contributed by atoms with Gasteiger partial charge in [-0.15, -0.1) is 0 Å². The number of nitro benzene ring substituents is 1. The molecule has 0 unspecified atom stereocenters. The summed E-state index contributed by atoms with van der Waals surface area (Å²) in [5.74, 6) is -0.294. The van der Waals surface area contributed by atoms with Crippen molar-refractivity contribution in [3.8, 4) is 0 Å². The topological polar surface area (TPSA) is 83.7 Å². The molecule has 21 heavy (non-hydrogen) atoms. The molecule has 0 aliphatic heterocycles. The van der Waals surface area contributed by atoms with E-state index in [0.29, 0.717) is 18.5 Å². The summed E-state index contributed by atoms with van der Waals surface area (Å²) in [6, 6.07) is 4.81. The van der Waals surface area contributed by atoms with Crippen LogP contribution >= 0.6 is 0 Å². The van der Waals surface area contributed by atoms with Crippen molar-refractivity contribution < 1.29 is 14.8 Å². The Labute approximate surface area is 123 Å². The third kappa shape index (κ3) is 3.21. The number of aliphatic hydroxyl groups excluding tert-OH is 1. The third-order valence-corrected chi connectivity index (χ3v) is 3.99. The second-order valence-corrected chi connectivity index (χ2v) is 5.39. The largest absolute Gasteiger partial charge is 0.396 e. The van der Waals surface area contributed by atoms with Gasteiger partial charge in [-0.3, -0.25) is 14.9 Å². The van der Waals surface area contributed by atoms with E-state index < -0.39 is 4.92 Å². The fourth-order valence-corrected chi connectivity index (χ4v) is 2.62. The predicted octanol–water partition coefficient (Wildman–Crippen LogP) is 2.28. The zero-order valence-corrected chi connectivity index (χ0v) is 12.1. The SMILES string of the molecule is Cc1cccc([N+](=O)[O-])c1C(=O)N(CCCO)C1CCC1. The minimum atomic E-state index is -0.509. The van der Waals surface area contributed by atoms with Gasteiger partial charge in [0.25, 0.3) is 11.6 Å². The van der Waals surface area contributed by atoms with E-state index in [1.165, 1.54) is 6.07 Å². The quantitative estimate of drug-likeness (QED) is 0.644. The molecule has 1 amide bonds. The van der Waals surface area contributed by atoms with Crippen LogP contribution in [-0.4, -0.2) is 40.0 Å². The number of aryl methyl sites for hydroxylation is 1. The maximum absolute atomic E-state index is 12.8. The standard InChI is InChI=1S/C15H20N2O4/c1-11-5-2-8-13(17(20)21)14(11)15(19)16(9-4-10-18)12-6-3-7-12/h2,5,8,12,18H,3-4,6-7,9-10H2,1H3. The van der Waals surface area contributed by atoms with E-state index in [0.717, 1.165) is 19.3 Å². The monoisotopic (exact) mass is 292 g/mol. The first-order valence-electron chi connectivity index (χ1n) is 7.22. The second kappa shape index (κ2) is 6.67. The smallest absolute Gasteiger partial charge is 0.282 e. The van der Waals surface area contributed by atoms with Crippen LogP contribution in [0.3, 0.4) is 0 Å².